The summed E-state index contributed by atoms with van der Waals surface area (Å²) in [5, 5.41) is 14.0. The van der Waals surface area contributed by atoms with Gasteiger partial charge < -0.3 is 9.88 Å². The molecular formula is C24H20ClN5O. The number of aryl methyl sites for hydroxylation is 1. The van der Waals surface area contributed by atoms with Crippen molar-refractivity contribution in [1.29, 1.82) is 5.26 Å². The fourth-order valence-electron chi connectivity index (χ4n) is 3.64. The number of hydrogen-bond acceptors (Lipinski definition) is 5. The normalized spacial score (nSPS) is 11.8. The maximum Gasteiger partial charge on any atom is 0.252 e. The lowest BCUT2D eigenvalue weighted by Crippen LogP contribution is -2.18. The summed E-state index contributed by atoms with van der Waals surface area (Å²) in [4.78, 5) is 20.9. The molecule has 1 aromatic carbocycles. The van der Waals surface area contributed by atoms with Gasteiger partial charge in [-0.05, 0) is 54.8 Å². The Hall–Kier alpha value is -3.69. The van der Waals surface area contributed by atoms with E-state index in [2.05, 4.69) is 21.4 Å². The van der Waals surface area contributed by atoms with Crippen LogP contribution >= 0.6 is 11.6 Å². The highest BCUT2D eigenvalue weighted by molar-refractivity contribution is 6.30. The summed E-state index contributed by atoms with van der Waals surface area (Å²) >= 11 is 6.08. The molecule has 4 aromatic rings. The monoisotopic (exact) mass is 429 g/mol. The Labute approximate surface area is 184 Å². The van der Waals surface area contributed by atoms with Crippen molar-refractivity contribution in [1.82, 2.24) is 14.5 Å². The number of pyridine rings is 3. The summed E-state index contributed by atoms with van der Waals surface area (Å²) in [6, 6.07) is 17.2. The zero-order chi connectivity index (χ0) is 22.0. The number of nitrogens with one attached hydrogen (secondary N) is 1. The zero-order valence-electron chi connectivity index (χ0n) is 17.1. The molecule has 1 unspecified atom stereocenters. The number of benzene rings is 1. The van der Waals surface area contributed by atoms with Crippen LogP contribution in [0.15, 0.2) is 65.7 Å². The van der Waals surface area contributed by atoms with Gasteiger partial charge in [-0.25, -0.2) is 4.98 Å². The molecule has 3 heterocycles. The lowest BCUT2D eigenvalue weighted by Gasteiger charge is -2.18. The van der Waals surface area contributed by atoms with Crippen LogP contribution in [0, 0.1) is 11.3 Å². The topological polar surface area (TPSA) is 83.6 Å². The van der Waals surface area contributed by atoms with E-state index in [0.717, 1.165) is 33.4 Å². The Bertz CT molecular complexity index is 1360. The summed E-state index contributed by atoms with van der Waals surface area (Å²) in [6.45, 7) is 2.01. The third kappa shape index (κ3) is 4.14. The van der Waals surface area contributed by atoms with Gasteiger partial charge in [0.05, 0.1) is 22.8 Å². The van der Waals surface area contributed by atoms with Crippen LogP contribution in [0.5, 0.6) is 0 Å². The Balaban J connectivity index is 1.77. The van der Waals surface area contributed by atoms with Gasteiger partial charge in [0, 0.05) is 36.6 Å². The minimum Gasteiger partial charge on any atom is -0.376 e. The summed E-state index contributed by atoms with van der Waals surface area (Å²) in [6.07, 6.45) is 3.88. The largest absolute Gasteiger partial charge is 0.376 e. The van der Waals surface area contributed by atoms with E-state index in [1.807, 2.05) is 43.3 Å². The van der Waals surface area contributed by atoms with Crippen molar-refractivity contribution < 1.29 is 0 Å². The molecule has 1 atom stereocenters. The lowest BCUT2D eigenvalue weighted by molar-refractivity contribution is 0.836. The predicted molar refractivity (Wildman–Crippen MR) is 122 cm³/mol. The van der Waals surface area contributed by atoms with Crippen molar-refractivity contribution in [2.24, 2.45) is 7.05 Å². The van der Waals surface area contributed by atoms with Gasteiger partial charge in [0.2, 0.25) is 0 Å². The first-order valence-corrected chi connectivity index (χ1v) is 10.2. The second-order valence-corrected chi connectivity index (χ2v) is 7.71. The maximum atomic E-state index is 12.5. The van der Waals surface area contributed by atoms with Crippen molar-refractivity contribution in [2.45, 2.75) is 19.4 Å². The van der Waals surface area contributed by atoms with E-state index in [1.54, 1.807) is 36.1 Å². The van der Waals surface area contributed by atoms with E-state index in [4.69, 9.17) is 11.6 Å². The number of anilines is 1. The first kappa shape index (κ1) is 20.6. The lowest BCUT2D eigenvalue weighted by atomic mass is 10.00. The molecule has 7 heteroatoms. The van der Waals surface area contributed by atoms with Crippen LogP contribution in [-0.2, 0) is 13.5 Å². The highest BCUT2D eigenvalue weighted by Crippen LogP contribution is 2.28. The number of halogens is 1. The number of hydrogen-bond donors (Lipinski definition) is 1. The molecular weight excluding hydrogens is 410 g/mol. The quantitative estimate of drug-likeness (QED) is 0.468. The van der Waals surface area contributed by atoms with Gasteiger partial charge in [-0.2, -0.15) is 5.26 Å². The SMILES string of the molecule is CC(Nc1cc(=O)n(C)c2ccc(Cc3ccnc(Cl)c3C#N)cc12)c1ccccn1. The van der Waals surface area contributed by atoms with Gasteiger partial charge >= 0.3 is 0 Å². The van der Waals surface area contributed by atoms with Crippen LogP contribution in [0.2, 0.25) is 5.15 Å². The van der Waals surface area contributed by atoms with E-state index in [1.165, 1.54) is 0 Å². The Morgan fingerprint density at radius 3 is 2.74 bits per heavy atom. The third-order valence-corrected chi connectivity index (χ3v) is 5.60. The van der Waals surface area contributed by atoms with Crippen LogP contribution in [0.1, 0.15) is 35.3 Å². The minimum absolute atomic E-state index is 0.0793. The molecule has 1 N–H and O–H groups in total. The Kier molecular flexibility index (Phi) is 5.70. The highest BCUT2D eigenvalue weighted by Gasteiger charge is 2.14. The molecule has 6 nitrogen and oxygen atoms in total. The average molecular weight is 430 g/mol. The van der Waals surface area contributed by atoms with E-state index >= 15 is 0 Å². The molecule has 0 aliphatic rings. The van der Waals surface area contributed by atoms with E-state index in [0.29, 0.717) is 12.0 Å². The second-order valence-electron chi connectivity index (χ2n) is 7.35. The molecule has 0 aliphatic heterocycles. The molecule has 0 saturated heterocycles. The number of rotatable bonds is 5. The van der Waals surface area contributed by atoms with E-state index in [9.17, 15) is 10.1 Å². The summed E-state index contributed by atoms with van der Waals surface area (Å²) in [5.41, 5.74) is 4.54. The first-order chi connectivity index (χ1) is 15.0. The molecule has 0 spiro atoms. The molecule has 154 valence electrons. The Morgan fingerprint density at radius 2 is 2.00 bits per heavy atom. The summed E-state index contributed by atoms with van der Waals surface area (Å²) in [7, 11) is 1.76. The molecule has 0 saturated carbocycles. The van der Waals surface area contributed by atoms with Crippen LogP contribution in [-0.4, -0.2) is 14.5 Å². The predicted octanol–water partition coefficient (Wildman–Crippen LogP) is 4.62. The molecule has 0 radical (unpaired) electrons. The second kappa shape index (κ2) is 8.58. The van der Waals surface area contributed by atoms with Crippen molar-refractivity contribution in [3.05, 3.63) is 98.8 Å². The first-order valence-electron chi connectivity index (χ1n) is 9.81. The number of nitrogens with zero attached hydrogens (tertiary/aromatic N) is 4. The molecule has 0 amide bonds. The van der Waals surface area contributed by atoms with Crippen molar-refractivity contribution in [3.8, 4) is 6.07 Å². The van der Waals surface area contributed by atoms with Gasteiger partial charge in [-0.15, -0.1) is 0 Å². The standard InChI is InChI=1S/C24H20ClN5O/c1-15(20-5-3-4-9-27-20)29-21-13-23(31)30(2)22-7-6-16(12-18(21)22)11-17-8-10-28-24(25)19(17)14-26/h3-10,12-13,15,29H,11H2,1-2H3. The number of nitriles is 1. The molecule has 3 aromatic heterocycles. The molecule has 4 rings (SSSR count). The third-order valence-electron chi connectivity index (χ3n) is 5.31. The minimum atomic E-state index is -0.0938. The van der Waals surface area contributed by atoms with E-state index < -0.39 is 0 Å². The van der Waals surface area contributed by atoms with Crippen molar-refractivity contribution in [2.75, 3.05) is 5.32 Å². The van der Waals surface area contributed by atoms with Crippen molar-refractivity contribution >= 4 is 28.2 Å². The Morgan fingerprint density at radius 1 is 1.16 bits per heavy atom. The zero-order valence-corrected chi connectivity index (χ0v) is 17.9. The van der Waals surface area contributed by atoms with Gasteiger partial charge in [0.1, 0.15) is 11.2 Å². The summed E-state index contributed by atoms with van der Waals surface area (Å²) < 4.78 is 1.62. The molecule has 0 aliphatic carbocycles. The summed E-state index contributed by atoms with van der Waals surface area (Å²) in [5.74, 6) is 0. The molecule has 0 fully saturated rings. The number of fused-ring (bicyclic) bond motifs is 1. The smallest absolute Gasteiger partial charge is 0.252 e. The number of aromatic nitrogens is 3. The van der Waals surface area contributed by atoms with Gasteiger partial charge in [-0.1, -0.05) is 23.7 Å². The van der Waals surface area contributed by atoms with Crippen LogP contribution in [0.4, 0.5) is 5.69 Å². The van der Waals surface area contributed by atoms with E-state index in [-0.39, 0.29) is 16.8 Å². The average Bonchev–Trinajstić information content (AvgIpc) is 2.78. The van der Waals surface area contributed by atoms with Gasteiger partial charge in [0.15, 0.2) is 0 Å². The van der Waals surface area contributed by atoms with Crippen molar-refractivity contribution in [3.63, 3.8) is 0 Å². The van der Waals surface area contributed by atoms with Crippen LogP contribution in [0.3, 0.4) is 0 Å². The molecule has 31 heavy (non-hydrogen) atoms. The fourth-order valence-corrected chi connectivity index (χ4v) is 3.86. The van der Waals surface area contributed by atoms with Crippen LogP contribution in [0.25, 0.3) is 10.9 Å². The van der Waals surface area contributed by atoms with Gasteiger partial charge in [0.25, 0.3) is 5.56 Å². The highest BCUT2D eigenvalue weighted by atomic mass is 35.5. The fraction of sp³-hybridized carbons (Fsp3) is 0.167. The van der Waals surface area contributed by atoms with Gasteiger partial charge in [-0.3, -0.25) is 9.78 Å². The van der Waals surface area contributed by atoms with Crippen LogP contribution < -0.4 is 10.9 Å². The maximum absolute atomic E-state index is 12.5. The molecule has 0 bridgehead atoms.